The molecule has 0 atom stereocenters. The molecule has 2 N–H and O–H groups in total. The maximum Gasteiger partial charge on any atom is 0.191 e. The molecule has 0 saturated heterocycles. The van der Waals surface area contributed by atoms with Gasteiger partial charge in [0.1, 0.15) is 0 Å². The van der Waals surface area contributed by atoms with Crippen LogP contribution in [0.1, 0.15) is 23.6 Å². The van der Waals surface area contributed by atoms with E-state index >= 15 is 0 Å². The average Bonchev–Trinajstić information content (AvgIpc) is 2.58. The molecule has 0 amide bonds. The van der Waals surface area contributed by atoms with Crippen LogP contribution >= 0.6 is 35.6 Å². The van der Waals surface area contributed by atoms with Crippen molar-refractivity contribution in [3.05, 3.63) is 64.4 Å². The molecule has 1 aromatic heterocycles. The smallest absolute Gasteiger partial charge is 0.191 e. The molecule has 0 aliphatic heterocycles. The molecule has 0 saturated carbocycles. The van der Waals surface area contributed by atoms with E-state index in [4.69, 9.17) is 11.6 Å². The molecule has 1 heterocycles. The van der Waals surface area contributed by atoms with Crippen LogP contribution in [-0.4, -0.2) is 30.6 Å². The average molecular weight is 473 g/mol. The van der Waals surface area contributed by atoms with Crippen LogP contribution in [0.5, 0.6) is 0 Å². The summed E-state index contributed by atoms with van der Waals surface area (Å²) in [6, 6.07) is 10.0. The minimum absolute atomic E-state index is 0. The second kappa shape index (κ2) is 12.1. The first kappa shape index (κ1) is 21.7. The molecule has 0 spiro atoms. The zero-order chi connectivity index (χ0) is 17.2. The maximum absolute atomic E-state index is 5.91. The van der Waals surface area contributed by atoms with E-state index in [1.54, 1.807) is 0 Å². The summed E-state index contributed by atoms with van der Waals surface area (Å²) in [4.78, 5) is 8.77. The molecule has 2 aromatic rings. The van der Waals surface area contributed by atoms with Gasteiger partial charge >= 0.3 is 0 Å². The van der Waals surface area contributed by atoms with Crippen molar-refractivity contribution < 1.29 is 0 Å². The lowest BCUT2D eigenvalue weighted by atomic mass is 10.1. The summed E-state index contributed by atoms with van der Waals surface area (Å²) in [7, 11) is 0. The molecule has 0 bridgehead atoms. The van der Waals surface area contributed by atoms with Crippen LogP contribution < -0.4 is 10.6 Å². The number of benzene rings is 1. The van der Waals surface area contributed by atoms with Crippen molar-refractivity contribution in [1.82, 2.24) is 15.6 Å². The number of halogens is 2. The van der Waals surface area contributed by atoms with Crippen LogP contribution in [0.2, 0.25) is 5.02 Å². The third-order valence-electron chi connectivity index (χ3n) is 3.75. The van der Waals surface area contributed by atoms with E-state index in [2.05, 4.69) is 52.7 Å². The number of nitrogens with zero attached hydrogens (tertiary/aromatic N) is 2. The Morgan fingerprint density at radius 1 is 1.12 bits per heavy atom. The Labute approximate surface area is 172 Å². The Balaban J connectivity index is 0.00000312. The van der Waals surface area contributed by atoms with Gasteiger partial charge in [-0.05, 0) is 61.6 Å². The van der Waals surface area contributed by atoms with Crippen LogP contribution in [0.15, 0.2) is 47.7 Å². The second-order valence-corrected chi connectivity index (χ2v) is 6.05. The number of hydrogen-bond donors (Lipinski definition) is 2. The lowest BCUT2D eigenvalue weighted by molar-refractivity contribution is 0.796. The highest BCUT2D eigenvalue weighted by molar-refractivity contribution is 14.0. The van der Waals surface area contributed by atoms with Gasteiger partial charge < -0.3 is 10.6 Å². The lowest BCUT2D eigenvalue weighted by Gasteiger charge is -2.11. The van der Waals surface area contributed by atoms with Gasteiger partial charge in [-0.15, -0.1) is 24.0 Å². The quantitative estimate of drug-likeness (QED) is 0.364. The Kier molecular flexibility index (Phi) is 10.5. The van der Waals surface area contributed by atoms with Crippen LogP contribution in [0.4, 0.5) is 0 Å². The second-order valence-electron chi connectivity index (χ2n) is 5.62. The number of aromatic nitrogens is 1. The lowest BCUT2D eigenvalue weighted by Crippen LogP contribution is -2.38. The van der Waals surface area contributed by atoms with Crippen LogP contribution in [-0.2, 0) is 12.8 Å². The molecule has 6 heteroatoms. The zero-order valence-corrected chi connectivity index (χ0v) is 17.8. The molecule has 0 unspecified atom stereocenters. The van der Waals surface area contributed by atoms with E-state index in [0.29, 0.717) is 0 Å². The molecular weight excluding hydrogens is 447 g/mol. The first-order valence-corrected chi connectivity index (χ1v) is 8.73. The number of aryl methyl sites for hydroxylation is 1. The third-order valence-corrected chi connectivity index (χ3v) is 4.00. The fraction of sp³-hybridized carbons (Fsp3) is 0.368. The predicted molar refractivity (Wildman–Crippen MR) is 117 cm³/mol. The van der Waals surface area contributed by atoms with E-state index in [1.165, 1.54) is 16.7 Å². The minimum Gasteiger partial charge on any atom is -0.357 e. The number of pyridine rings is 1. The van der Waals surface area contributed by atoms with Crippen molar-refractivity contribution in [3.63, 3.8) is 0 Å². The van der Waals surface area contributed by atoms with Gasteiger partial charge in [0.25, 0.3) is 0 Å². The Morgan fingerprint density at radius 3 is 2.56 bits per heavy atom. The first-order chi connectivity index (χ1) is 11.7. The van der Waals surface area contributed by atoms with E-state index in [-0.39, 0.29) is 24.0 Å². The van der Waals surface area contributed by atoms with Crippen LogP contribution in [0.3, 0.4) is 0 Å². The number of hydrogen-bond acceptors (Lipinski definition) is 2. The fourth-order valence-electron chi connectivity index (χ4n) is 2.39. The summed E-state index contributed by atoms with van der Waals surface area (Å²) in [5.41, 5.74) is 3.77. The summed E-state index contributed by atoms with van der Waals surface area (Å²) in [5.74, 6) is 0.859. The highest BCUT2D eigenvalue weighted by atomic mass is 127. The summed E-state index contributed by atoms with van der Waals surface area (Å²) in [6.45, 7) is 6.59. The van der Waals surface area contributed by atoms with Crippen LogP contribution in [0, 0.1) is 6.92 Å². The Bertz CT molecular complexity index is 659. The molecule has 4 nitrogen and oxygen atoms in total. The van der Waals surface area contributed by atoms with E-state index in [9.17, 15) is 0 Å². The number of aliphatic imine (C=N–C) groups is 1. The van der Waals surface area contributed by atoms with Crippen molar-refractivity contribution in [2.45, 2.75) is 26.7 Å². The normalized spacial score (nSPS) is 10.9. The van der Waals surface area contributed by atoms with Crippen molar-refractivity contribution in [2.24, 2.45) is 4.99 Å². The van der Waals surface area contributed by atoms with Crippen molar-refractivity contribution in [3.8, 4) is 0 Å². The number of guanidine groups is 1. The van der Waals surface area contributed by atoms with Gasteiger partial charge in [0.05, 0.1) is 0 Å². The van der Waals surface area contributed by atoms with Crippen molar-refractivity contribution in [1.29, 1.82) is 0 Å². The topological polar surface area (TPSA) is 49.3 Å². The first-order valence-electron chi connectivity index (χ1n) is 8.35. The summed E-state index contributed by atoms with van der Waals surface area (Å²) >= 11 is 5.91. The van der Waals surface area contributed by atoms with Crippen molar-refractivity contribution in [2.75, 3.05) is 19.6 Å². The van der Waals surface area contributed by atoms with Gasteiger partial charge in [-0.3, -0.25) is 9.98 Å². The van der Waals surface area contributed by atoms with E-state index < -0.39 is 0 Å². The Morgan fingerprint density at radius 2 is 1.88 bits per heavy atom. The molecular formula is C19H26ClIN4. The van der Waals surface area contributed by atoms with Gasteiger partial charge in [-0.2, -0.15) is 0 Å². The third kappa shape index (κ3) is 8.05. The monoisotopic (exact) mass is 472 g/mol. The molecule has 0 aliphatic rings. The summed E-state index contributed by atoms with van der Waals surface area (Å²) < 4.78 is 0. The molecule has 2 rings (SSSR count). The number of nitrogens with one attached hydrogen (secondary N) is 2. The van der Waals surface area contributed by atoms with Gasteiger partial charge in [0, 0.05) is 37.1 Å². The maximum atomic E-state index is 5.91. The molecule has 25 heavy (non-hydrogen) atoms. The largest absolute Gasteiger partial charge is 0.357 e. The highest BCUT2D eigenvalue weighted by Gasteiger charge is 2.00. The molecule has 136 valence electrons. The van der Waals surface area contributed by atoms with Crippen LogP contribution in [0.25, 0.3) is 0 Å². The molecule has 0 radical (unpaired) electrons. The number of rotatable bonds is 7. The predicted octanol–water partition coefficient (Wildman–Crippen LogP) is 4.00. The van der Waals surface area contributed by atoms with E-state index in [0.717, 1.165) is 43.5 Å². The molecule has 1 aromatic carbocycles. The van der Waals surface area contributed by atoms with E-state index in [1.807, 2.05) is 24.5 Å². The highest BCUT2D eigenvalue weighted by Crippen LogP contribution is 2.09. The Hall–Kier alpha value is -1.34. The fourth-order valence-corrected chi connectivity index (χ4v) is 2.51. The van der Waals surface area contributed by atoms with Gasteiger partial charge in [-0.25, -0.2) is 0 Å². The zero-order valence-electron chi connectivity index (χ0n) is 14.8. The summed E-state index contributed by atoms with van der Waals surface area (Å²) in [5, 5.41) is 7.43. The molecule has 0 fully saturated rings. The van der Waals surface area contributed by atoms with Crippen molar-refractivity contribution >= 4 is 41.5 Å². The standard InChI is InChI=1S/C19H25ClN4.HI/c1-3-22-19(23-12-8-16-4-6-18(20)7-5-16)24-13-10-17-9-11-21-14-15(17)2;/h4-7,9,11,14H,3,8,10,12-13H2,1-2H3,(H2,22,23,24);1H. The SMILES string of the molecule is CCNC(=NCCc1ccncc1C)NCCc1ccc(Cl)cc1.I. The van der Waals surface area contributed by atoms with Gasteiger partial charge in [-0.1, -0.05) is 23.7 Å². The molecule has 0 aliphatic carbocycles. The van der Waals surface area contributed by atoms with Gasteiger partial charge in [0.15, 0.2) is 5.96 Å². The van der Waals surface area contributed by atoms with Gasteiger partial charge in [0.2, 0.25) is 0 Å². The minimum atomic E-state index is 0. The summed E-state index contributed by atoms with van der Waals surface area (Å²) in [6.07, 6.45) is 5.59.